The number of aryl methyl sites for hydroxylation is 3. The highest BCUT2D eigenvalue weighted by atomic mass is 32.1. The van der Waals surface area contributed by atoms with Gasteiger partial charge in [0.2, 0.25) is 0 Å². The number of rotatable bonds is 5. The monoisotopic (exact) mass is 412 g/mol. The summed E-state index contributed by atoms with van der Waals surface area (Å²) in [4.78, 5) is 29.7. The summed E-state index contributed by atoms with van der Waals surface area (Å²) < 4.78 is 18.5. The number of anilines is 1. The van der Waals surface area contributed by atoms with Crippen LogP contribution in [0.4, 0.5) is 10.1 Å². The highest BCUT2D eigenvalue weighted by Gasteiger charge is 2.23. The van der Waals surface area contributed by atoms with Crippen molar-refractivity contribution in [3.63, 3.8) is 0 Å². The Bertz CT molecular complexity index is 1060. The van der Waals surface area contributed by atoms with Gasteiger partial charge in [-0.05, 0) is 69.2 Å². The first kappa shape index (κ1) is 20.7. The van der Waals surface area contributed by atoms with Gasteiger partial charge in [-0.3, -0.25) is 4.79 Å². The molecule has 0 saturated heterocycles. The molecule has 0 aliphatic carbocycles. The van der Waals surface area contributed by atoms with Gasteiger partial charge >= 0.3 is 5.97 Å². The van der Waals surface area contributed by atoms with Crippen molar-refractivity contribution in [3.8, 4) is 10.6 Å². The van der Waals surface area contributed by atoms with E-state index in [1.54, 1.807) is 19.1 Å². The summed E-state index contributed by atoms with van der Waals surface area (Å²) in [7, 11) is 0. The minimum atomic E-state index is -0.974. The zero-order valence-electron chi connectivity index (χ0n) is 16.6. The average molecular weight is 412 g/mol. The van der Waals surface area contributed by atoms with Gasteiger partial charge in [-0.2, -0.15) is 0 Å². The molecule has 0 spiro atoms. The lowest BCUT2D eigenvalue weighted by molar-refractivity contribution is -0.123. The number of nitrogens with zero attached hydrogens (tertiary/aromatic N) is 1. The van der Waals surface area contributed by atoms with E-state index < -0.39 is 18.0 Å². The first-order valence-corrected chi connectivity index (χ1v) is 9.88. The number of esters is 1. The number of halogens is 1. The van der Waals surface area contributed by atoms with Crippen LogP contribution in [0.5, 0.6) is 0 Å². The third kappa shape index (κ3) is 4.86. The molecule has 2 aromatic carbocycles. The van der Waals surface area contributed by atoms with Crippen molar-refractivity contribution in [1.82, 2.24) is 4.98 Å². The lowest BCUT2D eigenvalue weighted by Crippen LogP contribution is -2.30. The van der Waals surface area contributed by atoms with Crippen LogP contribution < -0.4 is 5.32 Å². The number of amides is 1. The zero-order valence-corrected chi connectivity index (χ0v) is 17.4. The molecular formula is C22H21FN2O3S. The van der Waals surface area contributed by atoms with E-state index in [0.717, 1.165) is 22.5 Å². The number of benzene rings is 2. The molecule has 0 radical (unpaired) electrons. The van der Waals surface area contributed by atoms with E-state index in [2.05, 4.69) is 10.3 Å². The summed E-state index contributed by atoms with van der Waals surface area (Å²) in [5.41, 5.74) is 3.83. The van der Waals surface area contributed by atoms with Crippen molar-refractivity contribution in [1.29, 1.82) is 0 Å². The molecule has 0 fully saturated rings. The van der Waals surface area contributed by atoms with Crippen LogP contribution in [0.3, 0.4) is 0 Å². The molecule has 3 rings (SSSR count). The molecule has 1 heterocycles. The van der Waals surface area contributed by atoms with E-state index in [9.17, 15) is 14.0 Å². The van der Waals surface area contributed by atoms with Crippen molar-refractivity contribution < 1.29 is 18.7 Å². The maximum absolute atomic E-state index is 13.1. The molecular weight excluding hydrogens is 391 g/mol. The number of hydrogen-bond donors (Lipinski definition) is 1. The highest BCUT2D eigenvalue weighted by molar-refractivity contribution is 7.17. The minimum absolute atomic E-state index is 0.315. The predicted molar refractivity (Wildman–Crippen MR) is 112 cm³/mol. The number of thiazole rings is 1. The Morgan fingerprint density at radius 3 is 2.48 bits per heavy atom. The standard InChI is InChI=1S/C22H21FN2O3S/c1-12-5-6-13(2)18(11-12)25-20(26)15(4)28-22(27)19-14(3)24-21(29-19)16-7-9-17(23)10-8-16/h5-11,15H,1-4H3,(H,25,26)/t15-/m1/s1. The molecule has 1 aromatic heterocycles. The predicted octanol–water partition coefficient (Wildman–Crippen LogP) is 5.06. The lowest BCUT2D eigenvalue weighted by atomic mass is 10.1. The summed E-state index contributed by atoms with van der Waals surface area (Å²) in [5.74, 6) is -1.37. The molecule has 0 saturated carbocycles. The van der Waals surface area contributed by atoms with Crippen LogP contribution in [0.1, 0.15) is 33.4 Å². The second-order valence-corrected chi connectivity index (χ2v) is 7.79. The van der Waals surface area contributed by atoms with Crippen LogP contribution in [-0.2, 0) is 9.53 Å². The van der Waals surface area contributed by atoms with Gasteiger partial charge in [-0.25, -0.2) is 14.2 Å². The summed E-state index contributed by atoms with van der Waals surface area (Å²) in [5, 5.41) is 3.38. The molecule has 0 aliphatic rings. The molecule has 29 heavy (non-hydrogen) atoms. The molecule has 7 heteroatoms. The first-order chi connectivity index (χ1) is 13.7. The zero-order chi connectivity index (χ0) is 21.1. The Morgan fingerprint density at radius 1 is 1.10 bits per heavy atom. The molecule has 150 valence electrons. The van der Waals surface area contributed by atoms with Gasteiger partial charge in [0.15, 0.2) is 6.10 Å². The smallest absolute Gasteiger partial charge is 0.351 e. The van der Waals surface area contributed by atoms with Crippen molar-refractivity contribution in [2.75, 3.05) is 5.32 Å². The number of nitrogens with one attached hydrogen (secondary N) is 1. The molecule has 0 bridgehead atoms. The van der Waals surface area contributed by atoms with Crippen molar-refractivity contribution in [2.24, 2.45) is 0 Å². The van der Waals surface area contributed by atoms with Gasteiger partial charge in [-0.15, -0.1) is 11.3 Å². The van der Waals surface area contributed by atoms with Gasteiger partial charge in [-0.1, -0.05) is 12.1 Å². The Hall–Kier alpha value is -3.06. The molecule has 1 amide bonds. The number of ether oxygens (including phenoxy) is 1. The maximum atomic E-state index is 13.1. The van der Waals surface area contributed by atoms with E-state index >= 15 is 0 Å². The second kappa shape index (κ2) is 8.53. The Labute approximate surface area is 172 Å². The van der Waals surface area contributed by atoms with Crippen molar-refractivity contribution >= 4 is 28.9 Å². The fourth-order valence-electron chi connectivity index (χ4n) is 2.67. The molecule has 0 aliphatic heterocycles. The number of carbonyl (C=O) groups is 2. The summed E-state index contributed by atoms with van der Waals surface area (Å²) in [6.07, 6.45) is -0.974. The van der Waals surface area contributed by atoms with E-state index in [-0.39, 0.29) is 5.82 Å². The molecule has 3 aromatic rings. The average Bonchev–Trinajstić information content (AvgIpc) is 3.07. The number of carbonyl (C=O) groups excluding carboxylic acids is 2. The summed E-state index contributed by atoms with van der Waals surface area (Å²) >= 11 is 1.15. The third-order valence-electron chi connectivity index (χ3n) is 4.38. The van der Waals surface area contributed by atoms with Crippen molar-refractivity contribution in [3.05, 3.63) is 70.0 Å². The van der Waals surface area contributed by atoms with E-state index in [1.165, 1.54) is 19.1 Å². The highest BCUT2D eigenvalue weighted by Crippen LogP contribution is 2.29. The van der Waals surface area contributed by atoms with E-state index in [1.807, 2.05) is 32.0 Å². The Balaban J connectivity index is 1.70. The number of hydrogen-bond acceptors (Lipinski definition) is 5. The van der Waals surface area contributed by atoms with Gasteiger partial charge in [0.25, 0.3) is 5.91 Å². The van der Waals surface area contributed by atoms with Gasteiger partial charge in [0.05, 0.1) is 5.69 Å². The van der Waals surface area contributed by atoms with Crippen LogP contribution in [-0.4, -0.2) is 23.0 Å². The Morgan fingerprint density at radius 2 is 1.79 bits per heavy atom. The van der Waals surface area contributed by atoms with E-state index in [0.29, 0.717) is 26.8 Å². The first-order valence-electron chi connectivity index (χ1n) is 9.07. The second-order valence-electron chi connectivity index (χ2n) is 6.80. The summed E-state index contributed by atoms with van der Waals surface area (Å²) in [6.45, 7) is 7.05. The largest absolute Gasteiger partial charge is 0.448 e. The molecule has 0 unspecified atom stereocenters. The minimum Gasteiger partial charge on any atom is -0.448 e. The maximum Gasteiger partial charge on any atom is 0.351 e. The summed E-state index contributed by atoms with van der Waals surface area (Å²) in [6, 6.07) is 11.6. The van der Waals surface area contributed by atoms with Crippen LogP contribution in [0.2, 0.25) is 0 Å². The van der Waals surface area contributed by atoms with E-state index in [4.69, 9.17) is 4.74 Å². The van der Waals surface area contributed by atoms with Crippen LogP contribution in [0.25, 0.3) is 10.6 Å². The lowest BCUT2D eigenvalue weighted by Gasteiger charge is -2.15. The molecule has 5 nitrogen and oxygen atoms in total. The molecule has 1 N–H and O–H groups in total. The van der Waals surface area contributed by atoms with Crippen molar-refractivity contribution in [2.45, 2.75) is 33.8 Å². The normalized spacial score (nSPS) is 11.8. The fraction of sp³-hybridized carbons (Fsp3) is 0.227. The van der Waals surface area contributed by atoms with Crippen LogP contribution in [0, 0.1) is 26.6 Å². The van der Waals surface area contributed by atoms with Gasteiger partial charge in [0.1, 0.15) is 15.7 Å². The fourth-order valence-corrected chi connectivity index (χ4v) is 3.63. The Kier molecular flexibility index (Phi) is 6.08. The van der Waals surface area contributed by atoms with Crippen LogP contribution >= 0.6 is 11.3 Å². The van der Waals surface area contributed by atoms with Gasteiger partial charge < -0.3 is 10.1 Å². The van der Waals surface area contributed by atoms with Crippen LogP contribution in [0.15, 0.2) is 42.5 Å². The SMILES string of the molecule is Cc1ccc(C)c(NC(=O)[C@@H](C)OC(=O)c2sc(-c3ccc(F)cc3)nc2C)c1. The number of aromatic nitrogens is 1. The third-order valence-corrected chi connectivity index (χ3v) is 5.56. The molecule has 1 atom stereocenters. The topological polar surface area (TPSA) is 68.3 Å². The quantitative estimate of drug-likeness (QED) is 0.595. The van der Waals surface area contributed by atoms with Gasteiger partial charge in [0, 0.05) is 11.3 Å².